The van der Waals surface area contributed by atoms with Crippen LogP contribution in [0.3, 0.4) is 0 Å². The number of aromatic nitrogens is 4. The summed E-state index contributed by atoms with van der Waals surface area (Å²) in [5.74, 6) is -1.81. The van der Waals surface area contributed by atoms with E-state index in [9.17, 15) is 14.7 Å². The van der Waals surface area contributed by atoms with Gasteiger partial charge in [0, 0.05) is 6.42 Å². The summed E-state index contributed by atoms with van der Waals surface area (Å²) in [7, 11) is 1.56. The molecule has 0 fully saturated rings. The number of carbonyl (C=O) groups is 2. The molecule has 0 aliphatic carbocycles. The molecule has 0 amide bonds. The summed E-state index contributed by atoms with van der Waals surface area (Å²) in [4.78, 5) is 24.5. The van der Waals surface area contributed by atoms with E-state index in [2.05, 4.69) is 15.4 Å². The van der Waals surface area contributed by atoms with Gasteiger partial charge >= 0.3 is 11.9 Å². The molecule has 1 aromatic rings. The van der Waals surface area contributed by atoms with Crippen LogP contribution >= 0.6 is 0 Å². The first-order valence-electron chi connectivity index (χ1n) is 5.59. The van der Waals surface area contributed by atoms with E-state index >= 15 is 0 Å². The molecule has 0 aliphatic rings. The molecule has 0 radical (unpaired) electrons. The number of aryl methyl sites for hydroxylation is 1. The third-order valence-electron chi connectivity index (χ3n) is 2.69. The Balaban J connectivity index is 3.04. The number of aliphatic carboxylic acids is 1. The van der Waals surface area contributed by atoms with Crippen LogP contribution in [0, 0.1) is 5.41 Å². The fourth-order valence-corrected chi connectivity index (χ4v) is 1.59. The number of hydrogen-bond acceptors (Lipinski definition) is 6. The number of carbonyl (C=O) groups excluding carboxylic acids is 1. The lowest BCUT2D eigenvalue weighted by atomic mass is 9.81. The van der Waals surface area contributed by atoms with Gasteiger partial charge in [-0.1, -0.05) is 6.92 Å². The lowest BCUT2D eigenvalue weighted by Gasteiger charge is -2.24. The van der Waals surface area contributed by atoms with Crippen LogP contribution in [0.15, 0.2) is 0 Å². The number of carboxylic acids is 1. The Kier molecular flexibility index (Phi) is 4.35. The van der Waals surface area contributed by atoms with E-state index < -0.39 is 17.4 Å². The van der Waals surface area contributed by atoms with Gasteiger partial charge in [-0.05, 0) is 18.6 Å². The lowest BCUT2D eigenvalue weighted by Crippen LogP contribution is -2.42. The van der Waals surface area contributed by atoms with Gasteiger partial charge in [-0.15, -0.1) is 10.2 Å². The van der Waals surface area contributed by atoms with Crippen molar-refractivity contribution in [1.82, 2.24) is 20.2 Å². The van der Waals surface area contributed by atoms with Gasteiger partial charge in [0.2, 0.25) is 0 Å². The zero-order chi connectivity index (χ0) is 13.8. The molecule has 0 saturated carbocycles. The lowest BCUT2D eigenvalue weighted by molar-refractivity contribution is -0.169. The van der Waals surface area contributed by atoms with Crippen molar-refractivity contribution in [2.24, 2.45) is 12.5 Å². The summed E-state index contributed by atoms with van der Waals surface area (Å²) in [5.41, 5.74) is -1.65. The monoisotopic (exact) mass is 256 g/mol. The number of esters is 1. The van der Waals surface area contributed by atoms with E-state index in [1.54, 1.807) is 20.9 Å². The first-order chi connectivity index (χ1) is 8.46. The quantitative estimate of drug-likeness (QED) is 0.554. The molecular formula is C10H16N4O4. The summed E-state index contributed by atoms with van der Waals surface area (Å²) >= 11 is 0. The molecule has 1 atom stereocenters. The SMILES string of the molecule is CCOC(=O)C(CC)(Cc1nnn(C)n1)C(=O)O. The molecule has 1 N–H and O–H groups in total. The fraction of sp³-hybridized carbons (Fsp3) is 0.700. The number of ether oxygens (including phenoxy) is 1. The molecule has 18 heavy (non-hydrogen) atoms. The molecule has 1 heterocycles. The van der Waals surface area contributed by atoms with Crippen LogP contribution in [0.5, 0.6) is 0 Å². The number of tetrazole rings is 1. The zero-order valence-corrected chi connectivity index (χ0v) is 10.6. The Morgan fingerprint density at radius 2 is 2.11 bits per heavy atom. The second-order valence-electron chi connectivity index (χ2n) is 3.83. The Morgan fingerprint density at radius 3 is 2.50 bits per heavy atom. The summed E-state index contributed by atoms with van der Waals surface area (Å²) in [6.07, 6.45) is -0.0368. The number of hydrogen-bond donors (Lipinski definition) is 1. The van der Waals surface area contributed by atoms with Gasteiger partial charge in [0.05, 0.1) is 13.7 Å². The van der Waals surface area contributed by atoms with Crippen molar-refractivity contribution < 1.29 is 19.4 Å². The molecule has 1 aromatic heterocycles. The predicted octanol–water partition coefficient (Wildman–Crippen LogP) is -0.203. The molecule has 8 nitrogen and oxygen atoms in total. The van der Waals surface area contributed by atoms with E-state index in [0.29, 0.717) is 0 Å². The van der Waals surface area contributed by atoms with Crippen molar-refractivity contribution in [3.05, 3.63) is 5.82 Å². The van der Waals surface area contributed by atoms with Crippen molar-refractivity contribution in [2.75, 3.05) is 6.61 Å². The van der Waals surface area contributed by atoms with E-state index in [0.717, 1.165) is 0 Å². The second kappa shape index (κ2) is 5.56. The van der Waals surface area contributed by atoms with E-state index in [1.165, 1.54) is 4.80 Å². The predicted molar refractivity (Wildman–Crippen MR) is 59.5 cm³/mol. The van der Waals surface area contributed by atoms with Crippen LogP contribution in [0.4, 0.5) is 0 Å². The second-order valence-corrected chi connectivity index (χ2v) is 3.83. The summed E-state index contributed by atoms with van der Waals surface area (Å²) in [6.45, 7) is 3.36. The summed E-state index contributed by atoms with van der Waals surface area (Å²) < 4.78 is 4.84. The Hall–Kier alpha value is -1.99. The number of rotatable bonds is 6. The third-order valence-corrected chi connectivity index (χ3v) is 2.69. The molecule has 0 aliphatic heterocycles. The maximum atomic E-state index is 11.9. The Morgan fingerprint density at radius 1 is 1.44 bits per heavy atom. The van der Waals surface area contributed by atoms with Crippen molar-refractivity contribution in [3.63, 3.8) is 0 Å². The van der Waals surface area contributed by atoms with Crippen LogP contribution in [-0.2, 0) is 27.8 Å². The van der Waals surface area contributed by atoms with Gasteiger partial charge < -0.3 is 9.84 Å². The highest BCUT2D eigenvalue weighted by Gasteiger charge is 2.47. The minimum absolute atomic E-state index is 0.0966. The minimum atomic E-state index is -1.65. The number of carboxylic acid groups (broad SMARTS) is 1. The number of nitrogens with zero attached hydrogens (tertiary/aromatic N) is 4. The normalized spacial score (nSPS) is 13.9. The molecule has 0 spiro atoms. The maximum absolute atomic E-state index is 11.9. The maximum Gasteiger partial charge on any atom is 0.323 e. The highest BCUT2D eigenvalue weighted by Crippen LogP contribution is 2.28. The molecule has 0 bridgehead atoms. The smallest absolute Gasteiger partial charge is 0.323 e. The van der Waals surface area contributed by atoms with Crippen LogP contribution in [0.25, 0.3) is 0 Å². The van der Waals surface area contributed by atoms with Crippen LogP contribution in [-0.4, -0.2) is 43.9 Å². The fourth-order valence-electron chi connectivity index (χ4n) is 1.59. The third kappa shape index (κ3) is 2.63. The van der Waals surface area contributed by atoms with Gasteiger partial charge in [-0.3, -0.25) is 9.59 Å². The Bertz CT molecular complexity index is 445. The average Bonchev–Trinajstić information content (AvgIpc) is 2.71. The zero-order valence-electron chi connectivity index (χ0n) is 10.6. The van der Waals surface area contributed by atoms with Gasteiger partial charge in [-0.25, -0.2) is 0 Å². The molecule has 1 rings (SSSR count). The van der Waals surface area contributed by atoms with Gasteiger partial charge in [0.15, 0.2) is 11.2 Å². The summed E-state index contributed by atoms with van der Waals surface area (Å²) in [6, 6.07) is 0. The highest BCUT2D eigenvalue weighted by molar-refractivity contribution is 5.99. The average molecular weight is 256 g/mol. The molecule has 1 unspecified atom stereocenters. The molecule has 100 valence electrons. The summed E-state index contributed by atoms with van der Waals surface area (Å²) in [5, 5.41) is 20.5. The van der Waals surface area contributed by atoms with Gasteiger partial charge in [0.25, 0.3) is 0 Å². The van der Waals surface area contributed by atoms with Crippen LogP contribution in [0.1, 0.15) is 26.1 Å². The van der Waals surface area contributed by atoms with Crippen molar-refractivity contribution in [3.8, 4) is 0 Å². The van der Waals surface area contributed by atoms with Gasteiger partial charge in [0.1, 0.15) is 0 Å². The standard InChI is InChI=1S/C10H16N4O4/c1-4-10(8(15)16,9(17)18-5-2)6-7-11-13-14(3)12-7/h4-6H2,1-3H3,(H,15,16). The highest BCUT2D eigenvalue weighted by atomic mass is 16.5. The largest absolute Gasteiger partial charge is 0.480 e. The molecular weight excluding hydrogens is 240 g/mol. The van der Waals surface area contributed by atoms with E-state index in [1.807, 2.05) is 0 Å². The van der Waals surface area contributed by atoms with Crippen molar-refractivity contribution >= 4 is 11.9 Å². The van der Waals surface area contributed by atoms with Crippen LogP contribution in [0.2, 0.25) is 0 Å². The molecule has 8 heteroatoms. The van der Waals surface area contributed by atoms with E-state index in [-0.39, 0.29) is 25.3 Å². The van der Waals surface area contributed by atoms with Crippen molar-refractivity contribution in [2.45, 2.75) is 26.7 Å². The van der Waals surface area contributed by atoms with Crippen LogP contribution < -0.4 is 0 Å². The minimum Gasteiger partial charge on any atom is -0.480 e. The van der Waals surface area contributed by atoms with Gasteiger partial charge in [-0.2, -0.15) is 4.80 Å². The Labute approximate surface area is 104 Å². The van der Waals surface area contributed by atoms with Crippen molar-refractivity contribution in [1.29, 1.82) is 0 Å². The van der Waals surface area contributed by atoms with E-state index in [4.69, 9.17) is 4.74 Å². The first kappa shape index (κ1) is 14.1. The molecule has 0 aromatic carbocycles. The molecule has 0 saturated heterocycles. The first-order valence-corrected chi connectivity index (χ1v) is 5.59. The topological polar surface area (TPSA) is 107 Å².